The second kappa shape index (κ2) is 6.45. The van der Waals surface area contributed by atoms with Gasteiger partial charge in [0, 0.05) is 37.8 Å². The van der Waals surface area contributed by atoms with E-state index in [0.717, 1.165) is 25.2 Å². The van der Waals surface area contributed by atoms with Crippen LogP contribution in [0.4, 0.5) is 13.2 Å². The fourth-order valence-corrected chi connectivity index (χ4v) is 2.33. The van der Waals surface area contributed by atoms with Crippen molar-refractivity contribution in [1.29, 1.82) is 0 Å². The van der Waals surface area contributed by atoms with E-state index in [2.05, 4.69) is 17.1 Å². The van der Waals surface area contributed by atoms with Crippen LogP contribution in [0.3, 0.4) is 0 Å². The second-order valence-corrected chi connectivity index (χ2v) is 5.10. The summed E-state index contributed by atoms with van der Waals surface area (Å²) in [6, 6.07) is 7.31. The zero-order valence-corrected chi connectivity index (χ0v) is 11.4. The fraction of sp³-hybridized carbons (Fsp3) is 0.571. The molecule has 1 aromatic carbocycles. The van der Waals surface area contributed by atoms with Gasteiger partial charge in [-0.3, -0.25) is 4.90 Å². The van der Waals surface area contributed by atoms with Crippen molar-refractivity contribution in [3.05, 3.63) is 29.8 Å². The molecule has 0 radical (unpaired) electrons. The Labute approximate surface area is 116 Å². The third kappa shape index (κ3) is 4.68. The van der Waals surface area contributed by atoms with Gasteiger partial charge in [0.25, 0.3) is 0 Å². The maximum absolute atomic E-state index is 12.2. The number of benzene rings is 1. The quantitative estimate of drug-likeness (QED) is 0.921. The van der Waals surface area contributed by atoms with Gasteiger partial charge in [-0.25, -0.2) is 0 Å². The van der Waals surface area contributed by atoms with Crippen LogP contribution in [-0.2, 0) is 6.54 Å². The van der Waals surface area contributed by atoms with E-state index in [1.807, 2.05) is 12.1 Å². The van der Waals surface area contributed by atoms with Gasteiger partial charge in [-0.05, 0) is 13.0 Å². The lowest BCUT2D eigenvalue weighted by Crippen LogP contribution is -2.48. The summed E-state index contributed by atoms with van der Waals surface area (Å²) < 4.78 is 41.6. The Morgan fingerprint density at radius 1 is 1.35 bits per heavy atom. The summed E-state index contributed by atoms with van der Waals surface area (Å²) in [5, 5.41) is 3.34. The molecule has 6 heteroatoms. The molecule has 1 aliphatic heterocycles. The van der Waals surface area contributed by atoms with Crippen molar-refractivity contribution < 1.29 is 17.9 Å². The average Bonchev–Trinajstić information content (AvgIpc) is 2.37. The molecule has 1 N–H and O–H groups in total. The number of ether oxygens (including phenoxy) is 1. The summed E-state index contributed by atoms with van der Waals surface area (Å²) in [6.45, 7) is 4.12. The highest BCUT2D eigenvalue weighted by atomic mass is 19.4. The molecule has 0 saturated carbocycles. The molecular weight excluding hydrogens is 269 g/mol. The summed E-state index contributed by atoms with van der Waals surface area (Å²) in [6.07, 6.45) is -4.31. The predicted octanol–water partition coefficient (Wildman–Crippen LogP) is 2.42. The van der Waals surface area contributed by atoms with Crippen LogP contribution in [-0.4, -0.2) is 43.4 Å². The van der Waals surface area contributed by atoms with Crippen LogP contribution >= 0.6 is 0 Å². The van der Waals surface area contributed by atoms with Crippen molar-refractivity contribution in [2.24, 2.45) is 0 Å². The maximum Gasteiger partial charge on any atom is 0.422 e. The Kier molecular flexibility index (Phi) is 4.88. The van der Waals surface area contributed by atoms with Crippen LogP contribution in [0.15, 0.2) is 24.3 Å². The summed E-state index contributed by atoms with van der Waals surface area (Å²) in [4.78, 5) is 2.22. The van der Waals surface area contributed by atoms with Crippen molar-refractivity contribution >= 4 is 0 Å². The van der Waals surface area contributed by atoms with Gasteiger partial charge < -0.3 is 10.1 Å². The number of nitrogens with one attached hydrogen (secondary N) is 1. The minimum absolute atomic E-state index is 0.316. The first-order valence-corrected chi connectivity index (χ1v) is 6.67. The summed E-state index contributed by atoms with van der Waals surface area (Å²) in [5.41, 5.74) is 0.797. The average molecular weight is 288 g/mol. The highest BCUT2D eigenvalue weighted by Crippen LogP contribution is 2.23. The molecule has 0 unspecified atom stereocenters. The van der Waals surface area contributed by atoms with Gasteiger partial charge in [0.05, 0.1) is 0 Å². The second-order valence-electron chi connectivity index (χ2n) is 5.10. The molecule has 0 spiro atoms. The Hall–Kier alpha value is -1.27. The first-order valence-electron chi connectivity index (χ1n) is 6.67. The largest absolute Gasteiger partial charge is 0.484 e. The number of piperazine rings is 1. The molecule has 0 aliphatic carbocycles. The topological polar surface area (TPSA) is 24.5 Å². The number of hydrogen-bond donors (Lipinski definition) is 1. The molecule has 1 atom stereocenters. The lowest BCUT2D eigenvalue weighted by atomic mass is 10.1. The van der Waals surface area contributed by atoms with Gasteiger partial charge in [0.15, 0.2) is 6.61 Å². The molecule has 112 valence electrons. The first-order chi connectivity index (χ1) is 9.44. The van der Waals surface area contributed by atoms with Crippen LogP contribution < -0.4 is 10.1 Å². The molecular formula is C14H19F3N2O. The number of hydrogen-bond acceptors (Lipinski definition) is 3. The van der Waals surface area contributed by atoms with Gasteiger partial charge in [-0.2, -0.15) is 13.2 Å². The van der Waals surface area contributed by atoms with Crippen molar-refractivity contribution in [1.82, 2.24) is 10.2 Å². The van der Waals surface area contributed by atoms with Gasteiger partial charge >= 0.3 is 6.18 Å². The Morgan fingerprint density at radius 3 is 2.80 bits per heavy atom. The number of halogens is 3. The van der Waals surface area contributed by atoms with E-state index in [1.54, 1.807) is 12.1 Å². The SMILES string of the molecule is C[C@@H]1CN(Cc2ccccc2OCC(F)(F)F)CCN1. The molecule has 2 rings (SSSR count). The Bertz CT molecular complexity index is 437. The molecule has 1 aromatic rings. The lowest BCUT2D eigenvalue weighted by Gasteiger charge is -2.32. The maximum atomic E-state index is 12.2. The zero-order valence-electron chi connectivity index (χ0n) is 11.4. The summed E-state index contributed by atoms with van der Waals surface area (Å²) >= 11 is 0. The Morgan fingerprint density at radius 2 is 2.10 bits per heavy atom. The predicted molar refractivity (Wildman–Crippen MR) is 70.7 cm³/mol. The third-order valence-corrected chi connectivity index (χ3v) is 3.21. The van der Waals surface area contributed by atoms with E-state index < -0.39 is 12.8 Å². The zero-order chi connectivity index (χ0) is 14.6. The number of rotatable bonds is 4. The third-order valence-electron chi connectivity index (χ3n) is 3.21. The van der Waals surface area contributed by atoms with E-state index in [1.165, 1.54) is 0 Å². The van der Waals surface area contributed by atoms with Crippen LogP contribution in [0.5, 0.6) is 5.75 Å². The molecule has 1 heterocycles. The van der Waals surface area contributed by atoms with Crippen LogP contribution in [0.25, 0.3) is 0 Å². The fourth-order valence-electron chi connectivity index (χ4n) is 2.33. The van der Waals surface area contributed by atoms with Crippen molar-refractivity contribution in [3.8, 4) is 5.75 Å². The van der Waals surface area contributed by atoms with Gasteiger partial charge in [-0.1, -0.05) is 18.2 Å². The van der Waals surface area contributed by atoms with Crippen molar-refractivity contribution in [3.63, 3.8) is 0 Å². The minimum Gasteiger partial charge on any atom is -0.484 e. The van der Waals surface area contributed by atoms with E-state index in [9.17, 15) is 13.2 Å². The van der Waals surface area contributed by atoms with Gasteiger partial charge in [-0.15, -0.1) is 0 Å². The summed E-state index contributed by atoms with van der Waals surface area (Å²) in [5.74, 6) is 0.316. The van der Waals surface area contributed by atoms with E-state index in [0.29, 0.717) is 18.3 Å². The molecule has 0 aromatic heterocycles. The lowest BCUT2D eigenvalue weighted by molar-refractivity contribution is -0.153. The standard InChI is InChI=1S/C14H19F3N2O/c1-11-8-19(7-6-18-11)9-12-4-2-3-5-13(12)20-10-14(15,16)17/h2-5,11,18H,6-10H2,1H3/t11-/m1/s1. The normalized spacial score (nSPS) is 20.9. The van der Waals surface area contributed by atoms with Gasteiger partial charge in [0.1, 0.15) is 5.75 Å². The van der Waals surface area contributed by atoms with E-state index >= 15 is 0 Å². The molecule has 0 amide bonds. The van der Waals surface area contributed by atoms with Crippen LogP contribution in [0.1, 0.15) is 12.5 Å². The molecule has 0 bridgehead atoms. The molecule has 3 nitrogen and oxygen atoms in total. The van der Waals surface area contributed by atoms with Crippen LogP contribution in [0.2, 0.25) is 0 Å². The van der Waals surface area contributed by atoms with E-state index in [4.69, 9.17) is 4.74 Å². The highest BCUT2D eigenvalue weighted by molar-refractivity contribution is 5.33. The van der Waals surface area contributed by atoms with Crippen molar-refractivity contribution in [2.45, 2.75) is 25.7 Å². The summed E-state index contributed by atoms with van der Waals surface area (Å²) in [7, 11) is 0. The smallest absolute Gasteiger partial charge is 0.422 e. The monoisotopic (exact) mass is 288 g/mol. The Balaban J connectivity index is 2.00. The van der Waals surface area contributed by atoms with E-state index in [-0.39, 0.29) is 0 Å². The van der Waals surface area contributed by atoms with Crippen molar-refractivity contribution in [2.75, 3.05) is 26.2 Å². The minimum atomic E-state index is -4.31. The highest BCUT2D eigenvalue weighted by Gasteiger charge is 2.29. The molecule has 1 saturated heterocycles. The molecule has 1 fully saturated rings. The van der Waals surface area contributed by atoms with Crippen LogP contribution in [0, 0.1) is 0 Å². The first kappa shape index (κ1) is 15.1. The van der Waals surface area contributed by atoms with Gasteiger partial charge in [0.2, 0.25) is 0 Å². The molecule has 20 heavy (non-hydrogen) atoms. The number of para-hydroxylation sites is 1. The number of nitrogens with zero attached hydrogens (tertiary/aromatic N) is 1. The number of alkyl halides is 3. The molecule has 1 aliphatic rings.